The van der Waals surface area contributed by atoms with Crippen LogP contribution in [0.1, 0.15) is 13.3 Å². The van der Waals surface area contributed by atoms with Crippen molar-refractivity contribution in [1.82, 2.24) is 9.97 Å². The quantitative estimate of drug-likeness (QED) is 0.396. The van der Waals surface area contributed by atoms with Crippen molar-refractivity contribution in [1.29, 1.82) is 0 Å². The number of anilines is 2. The number of nitrogens with two attached hydrogens (primary N) is 1. The van der Waals surface area contributed by atoms with Gasteiger partial charge in [-0.15, -0.1) is 0 Å². The summed E-state index contributed by atoms with van der Waals surface area (Å²) in [5.74, 6) is 6.80. The van der Waals surface area contributed by atoms with Crippen LogP contribution in [0.25, 0.3) is 0 Å². The molecular formula is C9H17N5O. The summed E-state index contributed by atoms with van der Waals surface area (Å²) in [6, 6.07) is 0. The Morgan fingerprint density at radius 3 is 2.87 bits per heavy atom. The molecule has 1 atom stereocenters. The van der Waals surface area contributed by atoms with E-state index in [1.807, 2.05) is 0 Å². The van der Waals surface area contributed by atoms with Crippen LogP contribution in [0, 0.1) is 5.92 Å². The Morgan fingerprint density at radius 2 is 2.20 bits per heavy atom. The van der Waals surface area contributed by atoms with E-state index < -0.39 is 0 Å². The van der Waals surface area contributed by atoms with Crippen molar-refractivity contribution < 1.29 is 5.11 Å². The second-order valence-electron chi connectivity index (χ2n) is 3.43. The van der Waals surface area contributed by atoms with Gasteiger partial charge in [0.15, 0.2) is 5.82 Å². The van der Waals surface area contributed by atoms with E-state index in [1.165, 1.54) is 0 Å². The van der Waals surface area contributed by atoms with Gasteiger partial charge in [0.05, 0.1) is 12.4 Å². The van der Waals surface area contributed by atoms with Gasteiger partial charge < -0.3 is 15.8 Å². The molecule has 0 spiro atoms. The molecule has 0 saturated heterocycles. The van der Waals surface area contributed by atoms with Crippen LogP contribution in [0.3, 0.4) is 0 Å². The third kappa shape index (κ3) is 4.09. The average Bonchev–Trinajstić information content (AvgIpc) is 2.27. The molecule has 0 aliphatic rings. The van der Waals surface area contributed by atoms with Gasteiger partial charge in [0.2, 0.25) is 0 Å². The van der Waals surface area contributed by atoms with E-state index in [-0.39, 0.29) is 6.61 Å². The number of aromatic nitrogens is 2. The molecule has 0 aliphatic carbocycles. The van der Waals surface area contributed by atoms with Gasteiger partial charge in [0.25, 0.3) is 0 Å². The standard InChI is InChI=1S/C9H17N5O/c1-7(2-3-15)4-12-8-5-11-6-9(13-8)14-10/h5-7,15H,2-4,10H2,1H3,(H2,12,13,14). The number of aliphatic hydroxyl groups excluding tert-OH is 1. The van der Waals surface area contributed by atoms with E-state index in [0.29, 0.717) is 17.6 Å². The van der Waals surface area contributed by atoms with Crippen molar-refractivity contribution in [2.24, 2.45) is 11.8 Å². The van der Waals surface area contributed by atoms with E-state index in [4.69, 9.17) is 10.9 Å². The third-order valence-electron chi connectivity index (χ3n) is 2.04. The smallest absolute Gasteiger partial charge is 0.160 e. The normalized spacial score (nSPS) is 12.2. The van der Waals surface area contributed by atoms with Gasteiger partial charge >= 0.3 is 0 Å². The van der Waals surface area contributed by atoms with Gasteiger partial charge in [0, 0.05) is 13.2 Å². The topological polar surface area (TPSA) is 96.1 Å². The van der Waals surface area contributed by atoms with Gasteiger partial charge in [-0.25, -0.2) is 10.8 Å². The zero-order valence-electron chi connectivity index (χ0n) is 8.77. The van der Waals surface area contributed by atoms with Crippen LogP contribution in [-0.2, 0) is 0 Å². The fourth-order valence-electron chi connectivity index (χ4n) is 1.12. The molecule has 6 heteroatoms. The molecule has 6 nitrogen and oxygen atoms in total. The number of hydrogen-bond donors (Lipinski definition) is 4. The maximum absolute atomic E-state index is 8.73. The SMILES string of the molecule is CC(CCO)CNc1cncc(NN)n1. The van der Waals surface area contributed by atoms with Crippen molar-refractivity contribution in [3.05, 3.63) is 12.4 Å². The molecule has 1 unspecified atom stereocenters. The predicted octanol–water partition coefficient (Wildman–Crippen LogP) is 0.193. The highest BCUT2D eigenvalue weighted by molar-refractivity contribution is 5.40. The molecule has 15 heavy (non-hydrogen) atoms. The Kier molecular flexibility index (Phi) is 4.79. The van der Waals surface area contributed by atoms with Gasteiger partial charge in [-0.1, -0.05) is 6.92 Å². The zero-order chi connectivity index (χ0) is 11.1. The first-order valence-corrected chi connectivity index (χ1v) is 4.89. The minimum atomic E-state index is 0.207. The minimum Gasteiger partial charge on any atom is -0.396 e. The van der Waals surface area contributed by atoms with E-state index in [0.717, 1.165) is 13.0 Å². The summed E-state index contributed by atoms with van der Waals surface area (Å²) in [6.45, 7) is 3.02. The lowest BCUT2D eigenvalue weighted by Gasteiger charge is -2.11. The highest BCUT2D eigenvalue weighted by Gasteiger charge is 2.02. The number of nitrogens with one attached hydrogen (secondary N) is 2. The number of nitrogens with zero attached hydrogens (tertiary/aromatic N) is 2. The second-order valence-corrected chi connectivity index (χ2v) is 3.43. The summed E-state index contributed by atoms with van der Waals surface area (Å²) in [4.78, 5) is 8.11. The van der Waals surface area contributed by atoms with Crippen molar-refractivity contribution in [2.75, 3.05) is 23.9 Å². The zero-order valence-corrected chi connectivity index (χ0v) is 8.77. The van der Waals surface area contributed by atoms with Gasteiger partial charge in [-0.05, 0) is 12.3 Å². The van der Waals surface area contributed by atoms with Crippen molar-refractivity contribution >= 4 is 11.6 Å². The van der Waals surface area contributed by atoms with Crippen LogP contribution >= 0.6 is 0 Å². The van der Waals surface area contributed by atoms with Crippen LogP contribution in [0.5, 0.6) is 0 Å². The maximum atomic E-state index is 8.73. The average molecular weight is 211 g/mol. The number of nitrogen functional groups attached to an aromatic ring is 1. The van der Waals surface area contributed by atoms with E-state index in [1.54, 1.807) is 12.4 Å². The van der Waals surface area contributed by atoms with Crippen molar-refractivity contribution in [3.63, 3.8) is 0 Å². The summed E-state index contributed by atoms with van der Waals surface area (Å²) in [5, 5.41) is 11.9. The van der Waals surface area contributed by atoms with Crippen molar-refractivity contribution in [3.8, 4) is 0 Å². The maximum Gasteiger partial charge on any atom is 0.160 e. The first-order valence-electron chi connectivity index (χ1n) is 4.89. The summed E-state index contributed by atoms with van der Waals surface area (Å²) < 4.78 is 0. The first kappa shape index (κ1) is 11.7. The van der Waals surface area contributed by atoms with Crippen LogP contribution < -0.4 is 16.6 Å². The summed E-state index contributed by atoms with van der Waals surface area (Å²) in [7, 11) is 0. The number of hydrogen-bond acceptors (Lipinski definition) is 6. The van der Waals surface area contributed by atoms with Crippen LogP contribution in [-0.4, -0.2) is 28.2 Å². The number of hydrazine groups is 1. The van der Waals surface area contributed by atoms with Crippen LogP contribution in [0.15, 0.2) is 12.4 Å². The first-order chi connectivity index (χ1) is 7.26. The lowest BCUT2D eigenvalue weighted by atomic mass is 10.1. The molecule has 0 radical (unpaired) electrons. The molecule has 1 aromatic heterocycles. The summed E-state index contributed by atoms with van der Waals surface area (Å²) >= 11 is 0. The lowest BCUT2D eigenvalue weighted by Crippen LogP contribution is -2.15. The monoisotopic (exact) mass is 211 g/mol. The third-order valence-corrected chi connectivity index (χ3v) is 2.04. The summed E-state index contributed by atoms with van der Waals surface area (Å²) in [6.07, 6.45) is 3.95. The molecule has 0 amide bonds. The molecule has 0 fully saturated rings. The Morgan fingerprint density at radius 1 is 1.47 bits per heavy atom. The highest BCUT2D eigenvalue weighted by atomic mass is 16.3. The molecule has 1 heterocycles. The number of rotatable bonds is 6. The molecule has 1 rings (SSSR count). The lowest BCUT2D eigenvalue weighted by molar-refractivity contribution is 0.266. The predicted molar refractivity (Wildman–Crippen MR) is 59.2 cm³/mol. The van der Waals surface area contributed by atoms with E-state index in [2.05, 4.69) is 27.6 Å². The number of aliphatic hydroxyl groups is 1. The molecule has 1 aromatic rings. The fourth-order valence-corrected chi connectivity index (χ4v) is 1.12. The summed E-state index contributed by atoms with van der Waals surface area (Å²) in [5.41, 5.74) is 2.43. The van der Waals surface area contributed by atoms with Crippen molar-refractivity contribution in [2.45, 2.75) is 13.3 Å². The van der Waals surface area contributed by atoms with Crippen LogP contribution in [0.2, 0.25) is 0 Å². The molecule has 0 saturated carbocycles. The Bertz CT molecular complexity index is 294. The molecule has 5 N–H and O–H groups in total. The largest absolute Gasteiger partial charge is 0.396 e. The fraction of sp³-hybridized carbons (Fsp3) is 0.556. The van der Waals surface area contributed by atoms with Gasteiger partial charge in [-0.2, -0.15) is 0 Å². The second kappa shape index (κ2) is 6.15. The molecule has 0 aromatic carbocycles. The van der Waals surface area contributed by atoms with Crippen LogP contribution in [0.4, 0.5) is 11.6 Å². The molecule has 0 aliphatic heterocycles. The Labute approximate surface area is 88.9 Å². The molecule has 0 bridgehead atoms. The highest BCUT2D eigenvalue weighted by Crippen LogP contribution is 2.07. The molecule has 84 valence electrons. The Hall–Kier alpha value is -1.40. The minimum absolute atomic E-state index is 0.207. The van der Waals surface area contributed by atoms with E-state index >= 15 is 0 Å². The van der Waals surface area contributed by atoms with Gasteiger partial charge in [-0.3, -0.25) is 4.98 Å². The van der Waals surface area contributed by atoms with E-state index in [9.17, 15) is 0 Å². The molecular weight excluding hydrogens is 194 g/mol. The Balaban J connectivity index is 2.43. The van der Waals surface area contributed by atoms with Gasteiger partial charge in [0.1, 0.15) is 5.82 Å².